The summed E-state index contributed by atoms with van der Waals surface area (Å²) in [7, 11) is 0. The fourth-order valence-corrected chi connectivity index (χ4v) is 6.19. The molecule has 0 saturated heterocycles. The van der Waals surface area contributed by atoms with Gasteiger partial charge in [-0.15, -0.1) is 0 Å². The van der Waals surface area contributed by atoms with Crippen molar-refractivity contribution in [2.75, 3.05) is 18.5 Å². The molecule has 1 aliphatic heterocycles. The summed E-state index contributed by atoms with van der Waals surface area (Å²) in [4.78, 5) is 39.7. The number of carbonyl (C=O) groups excluding carboxylic acids is 3. The van der Waals surface area contributed by atoms with Crippen molar-refractivity contribution >= 4 is 23.2 Å². The standard InChI is InChI=1S/C33H37FN2O5/c1-6-40-27-13-19(7-12-26(27)41-18-28(39)35-21-10-8-20(34)9-11-21)29-30-22(14-32(2,3)16-24(30)37)36-23-15-33(4,5)17-25(38)31(23)29/h7-13,29,36H,6,14-18H2,1-5H3,(H,35,39). The Bertz CT molecular complexity index is 1420. The van der Waals surface area contributed by atoms with Crippen LogP contribution in [0.2, 0.25) is 0 Å². The summed E-state index contributed by atoms with van der Waals surface area (Å²) in [6.07, 6.45) is 2.27. The summed E-state index contributed by atoms with van der Waals surface area (Å²) in [5, 5.41) is 6.21. The first kappa shape index (κ1) is 28.6. The van der Waals surface area contributed by atoms with E-state index in [1.165, 1.54) is 24.3 Å². The summed E-state index contributed by atoms with van der Waals surface area (Å²) in [5.74, 6) is -0.399. The summed E-state index contributed by atoms with van der Waals surface area (Å²) < 4.78 is 24.9. The second-order valence-corrected chi connectivity index (χ2v) is 12.7. The molecule has 7 nitrogen and oxygen atoms in total. The zero-order chi connectivity index (χ0) is 29.5. The van der Waals surface area contributed by atoms with Crippen LogP contribution in [0.1, 0.15) is 71.8 Å². The van der Waals surface area contributed by atoms with Crippen molar-refractivity contribution in [2.45, 2.75) is 66.2 Å². The first-order chi connectivity index (χ1) is 19.4. The monoisotopic (exact) mass is 560 g/mol. The summed E-state index contributed by atoms with van der Waals surface area (Å²) >= 11 is 0. The molecule has 1 amide bonds. The molecule has 216 valence electrons. The number of rotatable bonds is 7. The van der Waals surface area contributed by atoms with E-state index in [2.05, 4.69) is 38.3 Å². The lowest BCUT2D eigenvalue weighted by molar-refractivity contribution is -0.119. The number of allylic oxidation sites excluding steroid dienone is 4. The molecule has 2 aliphatic carbocycles. The fraction of sp³-hybridized carbons (Fsp3) is 0.424. The van der Waals surface area contributed by atoms with Gasteiger partial charge >= 0.3 is 0 Å². The average Bonchev–Trinajstić information content (AvgIpc) is 2.87. The molecule has 3 aliphatic rings. The van der Waals surface area contributed by atoms with Crippen LogP contribution in [0, 0.1) is 16.6 Å². The van der Waals surface area contributed by atoms with Crippen molar-refractivity contribution in [3.05, 3.63) is 76.4 Å². The van der Waals surface area contributed by atoms with Gasteiger partial charge in [-0.05, 0) is 72.6 Å². The third kappa shape index (κ3) is 6.06. The minimum atomic E-state index is -0.497. The lowest BCUT2D eigenvalue weighted by Gasteiger charge is -2.44. The number of anilines is 1. The molecule has 2 N–H and O–H groups in total. The van der Waals surface area contributed by atoms with Gasteiger partial charge in [-0.2, -0.15) is 0 Å². The summed E-state index contributed by atoms with van der Waals surface area (Å²) in [5.41, 5.74) is 3.99. The molecular formula is C33H37FN2O5. The number of ether oxygens (including phenoxy) is 2. The van der Waals surface area contributed by atoms with E-state index in [4.69, 9.17) is 9.47 Å². The van der Waals surface area contributed by atoms with E-state index in [0.29, 0.717) is 47.8 Å². The Morgan fingerprint density at radius 3 is 2.02 bits per heavy atom. The van der Waals surface area contributed by atoms with E-state index in [0.717, 1.165) is 29.8 Å². The number of carbonyl (C=O) groups is 3. The third-order valence-electron chi connectivity index (χ3n) is 7.81. The molecule has 0 bridgehead atoms. The highest BCUT2D eigenvalue weighted by atomic mass is 19.1. The SMILES string of the molecule is CCOc1cc(C2C3=C(CC(C)(C)CC3=O)NC3=C2C(=O)CC(C)(C)C3)ccc1OCC(=O)Nc1ccc(F)cc1. The maximum absolute atomic E-state index is 13.6. The van der Waals surface area contributed by atoms with Gasteiger partial charge in [-0.1, -0.05) is 33.8 Å². The van der Waals surface area contributed by atoms with Gasteiger partial charge in [0.15, 0.2) is 29.7 Å². The first-order valence-corrected chi connectivity index (χ1v) is 14.1. The van der Waals surface area contributed by atoms with E-state index in [1.54, 1.807) is 6.07 Å². The van der Waals surface area contributed by atoms with Gasteiger partial charge in [0.25, 0.3) is 5.91 Å². The molecule has 0 fully saturated rings. The Hall–Kier alpha value is -3.94. The molecule has 1 heterocycles. The van der Waals surface area contributed by atoms with Gasteiger partial charge in [0, 0.05) is 47.0 Å². The third-order valence-corrected chi connectivity index (χ3v) is 7.81. The maximum Gasteiger partial charge on any atom is 0.262 e. The van der Waals surface area contributed by atoms with E-state index in [9.17, 15) is 18.8 Å². The van der Waals surface area contributed by atoms with Gasteiger partial charge in [0.05, 0.1) is 6.61 Å². The number of Topliss-reactive ketones (excluding diaryl/α,β-unsaturated/α-hetero) is 2. The Balaban J connectivity index is 1.47. The lowest BCUT2D eigenvalue weighted by atomic mass is 9.64. The van der Waals surface area contributed by atoms with Crippen LogP contribution in [0.4, 0.5) is 10.1 Å². The van der Waals surface area contributed by atoms with Gasteiger partial charge in [0.1, 0.15) is 5.82 Å². The van der Waals surface area contributed by atoms with Crippen LogP contribution in [0.3, 0.4) is 0 Å². The van der Waals surface area contributed by atoms with Gasteiger partial charge < -0.3 is 20.1 Å². The van der Waals surface area contributed by atoms with Crippen molar-refractivity contribution in [1.82, 2.24) is 5.32 Å². The molecule has 0 spiro atoms. The Morgan fingerprint density at radius 1 is 0.878 bits per heavy atom. The minimum absolute atomic E-state index is 0.0497. The summed E-state index contributed by atoms with van der Waals surface area (Å²) in [6, 6.07) is 10.9. The average molecular weight is 561 g/mol. The molecule has 8 heteroatoms. The Labute approximate surface area is 240 Å². The quantitative estimate of drug-likeness (QED) is 0.418. The Kier molecular flexibility index (Phi) is 7.53. The smallest absolute Gasteiger partial charge is 0.262 e. The maximum atomic E-state index is 13.6. The van der Waals surface area contributed by atoms with E-state index < -0.39 is 17.6 Å². The number of nitrogens with one attached hydrogen (secondary N) is 2. The number of ketones is 2. The van der Waals surface area contributed by atoms with E-state index >= 15 is 0 Å². The van der Waals surface area contributed by atoms with Crippen LogP contribution in [-0.4, -0.2) is 30.7 Å². The zero-order valence-electron chi connectivity index (χ0n) is 24.3. The second kappa shape index (κ2) is 10.8. The summed E-state index contributed by atoms with van der Waals surface area (Å²) in [6.45, 7) is 10.3. The molecule has 5 rings (SSSR count). The second-order valence-electron chi connectivity index (χ2n) is 12.7. The minimum Gasteiger partial charge on any atom is -0.490 e. The van der Waals surface area contributed by atoms with Crippen LogP contribution in [-0.2, 0) is 14.4 Å². The molecule has 0 unspecified atom stereocenters. The van der Waals surface area contributed by atoms with Gasteiger partial charge in [0.2, 0.25) is 0 Å². The van der Waals surface area contributed by atoms with Crippen LogP contribution < -0.4 is 20.1 Å². The molecule has 2 aromatic carbocycles. The number of hydrogen-bond donors (Lipinski definition) is 2. The van der Waals surface area contributed by atoms with Crippen molar-refractivity contribution in [3.8, 4) is 11.5 Å². The van der Waals surface area contributed by atoms with Crippen molar-refractivity contribution < 1.29 is 28.2 Å². The van der Waals surface area contributed by atoms with Crippen molar-refractivity contribution in [2.24, 2.45) is 10.8 Å². The number of dihydropyridines is 1. The van der Waals surface area contributed by atoms with Crippen LogP contribution in [0.5, 0.6) is 11.5 Å². The Morgan fingerprint density at radius 2 is 1.46 bits per heavy atom. The largest absolute Gasteiger partial charge is 0.490 e. The zero-order valence-corrected chi connectivity index (χ0v) is 24.3. The van der Waals surface area contributed by atoms with Crippen molar-refractivity contribution in [1.29, 1.82) is 0 Å². The molecular weight excluding hydrogens is 523 g/mol. The molecule has 0 saturated carbocycles. The van der Waals surface area contributed by atoms with Gasteiger partial charge in [-0.25, -0.2) is 4.39 Å². The lowest BCUT2D eigenvalue weighted by Crippen LogP contribution is -2.42. The van der Waals surface area contributed by atoms with Gasteiger partial charge in [-0.3, -0.25) is 14.4 Å². The molecule has 2 aromatic rings. The van der Waals surface area contributed by atoms with Crippen molar-refractivity contribution in [3.63, 3.8) is 0 Å². The normalized spacial score (nSPS) is 19.8. The highest BCUT2D eigenvalue weighted by Crippen LogP contribution is 2.51. The van der Waals surface area contributed by atoms with Crippen LogP contribution in [0.25, 0.3) is 0 Å². The number of hydrogen-bond acceptors (Lipinski definition) is 6. The number of amides is 1. The molecule has 41 heavy (non-hydrogen) atoms. The van der Waals surface area contributed by atoms with Crippen LogP contribution in [0.15, 0.2) is 65.0 Å². The molecule has 0 aromatic heterocycles. The highest BCUT2D eigenvalue weighted by Gasteiger charge is 2.46. The molecule has 0 radical (unpaired) electrons. The first-order valence-electron chi connectivity index (χ1n) is 14.1. The number of benzene rings is 2. The predicted octanol–water partition coefficient (Wildman–Crippen LogP) is 6.22. The van der Waals surface area contributed by atoms with Crippen LogP contribution >= 0.6 is 0 Å². The highest BCUT2D eigenvalue weighted by molar-refractivity contribution is 6.06. The van der Waals surface area contributed by atoms with E-state index in [1.807, 2.05) is 19.1 Å². The number of halogens is 1. The topological polar surface area (TPSA) is 93.7 Å². The predicted molar refractivity (Wildman–Crippen MR) is 154 cm³/mol. The molecule has 0 atom stereocenters. The fourth-order valence-electron chi connectivity index (χ4n) is 6.19. The van der Waals surface area contributed by atoms with E-state index in [-0.39, 0.29) is 29.0 Å².